The molecule has 2 unspecified atom stereocenters. The maximum absolute atomic E-state index is 13.3. The average Bonchev–Trinajstić information content (AvgIpc) is 3.20. The monoisotopic (exact) mass is 480 g/mol. The van der Waals surface area contributed by atoms with E-state index in [1.807, 2.05) is 45.0 Å². The smallest absolute Gasteiger partial charge is 0.259 e. The maximum Gasteiger partial charge on any atom is 0.259 e. The molecule has 0 aromatic heterocycles. The van der Waals surface area contributed by atoms with Crippen molar-refractivity contribution in [1.29, 1.82) is 0 Å². The van der Waals surface area contributed by atoms with Crippen molar-refractivity contribution in [2.24, 2.45) is 15.9 Å². The van der Waals surface area contributed by atoms with Crippen molar-refractivity contribution >= 4 is 46.0 Å². The van der Waals surface area contributed by atoms with Gasteiger partial charge in [-0.2, -0.15) is 0 Å². The number of amides is 2. The molecule has 2 heterocycles. The maximum atomic E-state index is 13.3. The molecule has 2 aromatic carbocycles. The fourth-order valence-electron chi connectivity index (χ4n) is 3.85. The lowest BCUT2D eigenvalue weighted by molar-refractivity contribution is -0.125. The molecule has 0 saturated heterocycles. The van der Waals surface area contributed by atoms with Crippen LogP contribution in [0.5, 0.6) is 11.5 Å². The third-order valence-electron chi connectivity index (χ3n) is 5.71. The Balaban J connectivity index is 1.61. The van der Waals surface area contributed by atoms with Gasteiger partial charge in [-0.05, 0) is 36.6 Å². The van der Waals surface area contributed by atoms with Gasteiger partial charge in [0.1, 0.15) is 23.4 Å². The minimum absolute atomic E-state index is 0.0526. The third kappa shape index (κ3) is 4.40. The highest BCUT2D eigenvalue weighted by Gasteiger charge is 2.43. The Bertz CT molecular complexity index is 1180. The largest absolute Gasteiger partial charge is 0.497 e. The van der Waals surface area contributed by atoms with Crippen LogP contribution >= 0.6 is 11.8 Å². The van der Waals surface area contributed by atoms with Crippen LogP contribution in [0.25, 0.3) is 0 Å². The van der Waals surface area contributed by atoms with E-state index in [4.69, 9.17) is 19.5 Å². The molecule has 0 fully saturated rings. The number of nitrogens with zero attached hydrogens (tertiary/aromatic N) is 3. The second kappa shape index (κ2) is 9.89. The predicted octanol–water partition coefficient (Wildman–Crippen LogP) is 4.47. The number of ether oxygens (including phenoxy) is 2. The number of thioether (sulfide) groups is 1. The topological polar surface area (TPSA) is 92.6 Å². The molecule has 2 amide bonds. The predicted molar refractivity (Wildman–Crippen MR) is 135 cm³/mol. The van der Waals surface area contributed by atoms with E-state index in [9.17, 15) is 9.59 Å². The Hall–Kier alpha value is -3.33. The van der Waals surface area contributed by atoms with E-state index in [0.29, 0.717) is 34.6 Å². The van der Waals surface area contributed by atoms with Crippen LogP contribution in [0.1, 0.15) is 32.8 Å². The zero-order valence-electron chi connectivity index (χ0n) is 19.9. The number of anilines is 1. The van der Waals surface area contributed by atoms with Gasteiger partial charge in [0, 0.05) is 11.6 Å². The van der Waals surface area contributed by atoms with Gasteiger partial charge in [0.15, 0.2) is 5.17 Å². The summed E-state index contributed by atoms with van der Waals surface area (Å²) < 4.78 is 10.6. The standard InChI is InChI=1S/C25H28N4O4S/c1-6-20(23(30)26-18-12-11-15(32-4)13-19(18)33-5)34-25-27-17-10-8-7-9-16(17)22-28-21(14(2)3)24(31)29(22)25/h7-14,20-21H,6H2,1-5H3,(H,26,30). The minimum Gasteiger partial charge on any atom is -0.497 e. The minimum atomic E-state index is -0.483. The quantitative estimate of drug-likeness (QED) is 0.631. The number of hydrogen-bond donors (Lipinski definition) is 1. The van der Waals surface area contributed by atoms with Crippen LogP contribution in [0, 0.1) is 5.92 Å². The van der Waals surface area contributed by atoms with E-state index in [0.717, 1.165) is 11.3 Å². The molecule has 4 rings (SSSR count). The van der Waals surface area contributed by atoms with Crippen molar-refractivity contribution in [3.63, 3.8) is 0 Å². The molecule has 0 radical (unpaired) electrons. The molecule has 34 heavy (non-hydrogen) atoms. The number of rotatable bonds is 7. The van der Waals surface area contributed by atoms with Gasteiger partial charge < -0.3 is 14.8 Å². The SMILES string of the molecule is CCC(SC1=Nc2ccccc2C2=NC(C(C)C)C(=O)N12)C(=O)Nc1ccc(OC)cc1OC. The molecule has 9 heteroatoms. The molecule has 2 atom stereocenters. The van der Waals surface area contributed by atoms with Crippen LogP contribution in [0.3, 0.4) is 0 Å². The lowest BCUT2D eigenvalue weighted by Crippen LogP contribution is -2.43. The molecule has 0 aliphatic carbocycles. The van der Waals surface area contributed by atoms with Crippen LogP contribution < -0.4 is 14.8 Å². The first-order valence-electron chi connectivity index (χ1n) is 11.2. The summed E-state index contributed by atoms with van der Waals surface area (Å²) in [5.74, 6) is 1.47. The van der Waals surface area contributed by atoms with E-state index in [1.54, 1.807) is 30.2 Å². The van der Waals surface area contributed by atoms with Crippen LogP contribution in [-0.4, -0.2) is 53.2 Å². The molecular formula is C25H28N4O4S. The Labute approximate surface area is 203 Å². The van der Waals surface area contributed by atoms with Gasteiger partial charge in [-0.15, -0.1) is 0 Å². The van der Waals surface area contributed by atoms with E-state index < -0.39 is 11.3 Å². The molecule has 178 valence electrons. The van der Waals surface area contributed by atoms with Gasteiger partial charge in [0.25, 0.3) is 5.91 Å². The molecule has 0 bridgehead atoms. The molecule has 0 spiro atoms. The molecule has 0 saturated carbocycles. The van der Waals surface area contributed by atoms with Gasteiger partial charge in [-0.3, -0.25) is 14.6 Å². The Morgan fingerprint density at radius 3 is 2.62 bits per heavy atom. The van der Waals surface area contributed by atoms with Crippen LogP contribution in [0.2, 0.25) is 0 Å². The summed E-state index contributed by atoms with van der Waals surface area (Å²) in [7, 11) is 3.11. The number of fused-ring (bicyclic) bond motifs is 3. The summed E-state index contributed by atoms with van der Waals surface area (Å²) in [6.45, 7) is 5.88. The summed E-state index contributed by atoms with van der Waals surface area (Å²) in [6, 6.07) is 12.4. The van der Waals surface area contributed by atoms with E-state index in [2.05, 4.69) is 5.32 Å². The summed E-state index contributed by atoms with van der Waals surface area (Å²) in [5, 5.41) is 2.92. The van der Waals surface area contributed by atoms with Crippen molar-refractivity contribution in [2.45, 2.75) is 38.5 Å². The first-order chi connectivity index (χ1) is 16.4. The van der Waals surface area contributed by atoms with Crippen LogP contribution in [0.4, 0.5) is 11.4 Å². The number of para-hydroxylation sites is 1. The Morgan fingerprint density at radius 1 is 1.18 bits per heavy atom. The summed E-state index contributed by atoms with van der Waals surface area (Å²) >= 11 is 1.27. The van der Waals surface area contributed by atoms with Gasteiger partial charge in [0.05, 0.1) is 30.8 Å². The van der Waals surface area contributed by atoms with Crippen molar-refractivity contribution in [1.82, 2.24) is 4.90 Å². The first-order valence-corrected chi connectivity index (χ1v) is 12.0. The number of aliphatic imine (C=N–C) groups is 2. The zero-order valence-corrected chi connectivity index (χ0v) is 20.7. The molecular weight excluding hydrogens is 452 g/mol. The van der Waals surface area contributed by atoms with E-state index in [1.165, 1.54) is 18.9 Å². The van der Waals surface area contributed by atoms with E-state index in [-0.39, 0.29) is 17.7 Å². The number of carbonyl (C=O) groups excluding carboxylic acids is 2. The highest BCUT2D eigenvalue weighted by molar-refractivity contribution is 8.15. The fourth-order valence-corrected chi connectivity index (χ4v) is 4.87. The van der Waals surface area contributed by atoms with Crippen molar-refractivity contribution in [3.05, 3.63) is 48.0 Å². The second-order valence-electron chi connectivity index (χ2n) is 8.30. The number of hydrogen-bond acceptors (Lipinski definition) is 7. The summed E-state index contributed by atoms with van der Waals surface area (Å²) in [5.41, 5.74) is 2.11. The van der Waals surface area contributed by atoms with Crippen LogP contribution in [0.15, 0.2) is 52.4 Å². The number of carbonyl (C=O) groups is 2. The fraction of sp³-hybridized carbons (Fsp3) is 0.360. The number of benzene rings is 2. The Kier molecular flexibility index (Phi) is 6.92. The number of methoxy groups -OCH3 is 2. The molecule has 1 N–H and O–H groups in total. The first kappa shape index (κ1) is 23.8. The van der Waals surface area contributed by atoms with Crippen LogP contribution in [-0.2, 0) is 9.59 Å². The summed E-state index contributed by atoms with van der Waals surface area (Å²) in [4.78, 5) is 37.5. The molecule has 2 aliphatic heterocycles. The molecule has 2 aromatic rings. The third-order valence-corrected chi connectivity index (χ3v) is 7.02. The number of nitrogens with one attached hydrogen (secondary N) is 1. The zero-order chi connectivity index (χ0) is 24.4. The summed E-state index contributed by atoms with van der Waals surface area (Å²) in [6.07, 6.45) is 0.539. The lowest BCUT2D eigenvalue weighted by Gasteiger charge is -2.27. The highest BCUT2D eigenvalue weighted by Crippen LogP contribution is 2.37. The number of amidine groups is 2. The average molecular weight is 481 g/mol. The normalized spacial score (nSPS) is 17.5. The van der Waals surface area contributed by atoms with Crippen molar-refractivity contribution in [3.8, 4) is 11.5 Å². The second-order valence-corrected chi connectivity index (χ2v) is 9.47. The lowest BCUT2D eigenvalue weighted by atomic mass is 10.1. The van der Waals surface area contributed by atoms with Gasteiger partial charge in [-0.25, -0.2) is 9.89 Å². The van der Waals surface area contributed by atoms with E-state index >= 15 is 0 Å². The Morgan fingerprint density at radius 2 is 1.94 bits per heavy atom. The van der Waals surface area contributed by atoms with Crippen molar-refractivity contribution < 1.29 is 19.1 Å². The van der Waals surface area contributed by atoms with Gasteiger partial charge in [-0.1, -0.05) is 44.7 Å². The van der Waals surface area contributed by atoms with Gasteiger partial charge >= 0.3 is 0 Å². The molecule has 8 nitrogen and oxygen atoms in total. The molecule has 2 aliphatic rings. The highest BCUT2D eigenvalue weighted by atomic mass is 32.2. The van der Waals surface area contributed by atoms with Crippen molar-refractivity contribution in [2.75, 3.05) is 19.5 Å². The van der Waals surface area contributed by atoms with Gasteiger partial charge in [0.2, 0.25) is 5.91 Å².